The van der Waals surface area contributed by atoms with Gasteiger partial charge in [0.15, 0.2) is 0 Å². The molecule has 1 aromatic carbocycles. The highest BCUT2D eigenvalue weighted by Gasteiger charge is 2.00. The molecule has 0 radical (unpaired) electrons. The van der Waals surface area contributed by atoms with Crippen LogP contribution in [0, 0.1) is 0 Å². The summed E-state index contributed by atoms with van der Waals surface area (Å²) in [5.74, 6) is 0.598. The number of hydrogen-bond acceptors (Lipinski definition) is 3. The average Bonchev–Trinajstić information content (AvgIpc) is 2.77. The summed E-state index contributed by atoms with van der Waals surface area (Å²) in [5, 5.41) is 4.16. The molecule has 0 fully saturated rings. The Morgan fingerprint density at radius 3 is 2.81 bits per heavy atom. The van der Waals surface area contributed by atoms with Crippen molar-refractivity contribution in [3.63, 3.8) is 0 Å². The zero-order chi connectivity index (χ0) is 10.8. The van der Waals surface area contributed by atoms with Crippen LogP contribution in [0.3, 0.4) is 0 Å². The molecule has 2 N–H and O–H groups in total. The molecule has 2 heterocycles. The molecule has 0 saturated heterocycles. The summed E-state index contributed by atoms with van der Waals surface area (Å²) in [6, 6.07) is 11.8. The van der Waals surface area contributed by atoms with Crippen LogP contribution in [0.5, 0.6) is 0 Å². The van der Waals surface area contributed by atoms with E-state index in [9.17, 15) is 0 Å². The van der Waals surface area contributed by atoms with Crippen LogP contribution in [-0.4, -0.2) is 15.0 Å². The maximum Gasteiger partial charge on any atom is 0.229 e. The molecule has 0 aliphatic rings. The van der Waals surface area contributed by atoms with Crippen molar-refractivity contribution in [3.8, 4) is 0 Å². The van der Waals surface area contributed by atoms with Gasteiger partial charge in [-0.05, 0) is 18.2 Å². The fourth-order valence-electron chi connectivity index (χ4n) is 1.55. The van der Waals surface area contributed by atoms with Gasteiger partial charge in [-0.2, -0.15) is 4.98 Å². The van der Waals surface area contributed by atoms with Crippen LogP contribution in [0.4, 0.5) is 11.6 Å². The SMILES string of the molecule is c1ccc(Nc2ncc3cc[nH]c3n2)cc1. The van der Waals surface area contributed by atoms with Crippen molar-refractivity contribution in [2.75, 3.05) is 5.32 Å². The van der Waals surface area contributed by atoms with E-state index in [0.717, 1.165) is 16.7 Å². The van der Waals surface area contributed by atoms with Crippen molar-refractivity contribution in [3.05, 3.63) is 48.8 Å². The summed E-state index contributed by atoms with van der Waals surface area (Å²) < 4.78 is 0. The van der Waals surface area contributed by atoms with E-state index in [1.165, 1.54) is 0 Å². The van der Waals surface area contributed by atoms with Gasteiger partial charge in [0.1, 0.15) is 5.65 Å². The quantitative estimate of drug-likeness (QED) is 0.683. The molecular formula is C12H10N4. The number of anilines is 2. The highest BCUT2D eigenvalue weighted by molar-refractivity contribution is 5.75. The predicted molar refractivity (Wildman–Crippen MR) is 63.6 cm³/mol. The third-order valence-electron chi connectivity index (χ3n) is 2.33. The lowest BCUT2D eigenvalue weighted by Gasteiger charge is -2.03. The monoisotopic (exact) mass is 210 g/mol. The fourth-order valence-corrected chi connectivity index (χ4v) is 1.55. The molecule has 3 rings (SSSR count). The topological polar surface area (TPSA) is 53.6 Å². The van der Waals surface area contributed by atoms with Crippen LogP contribution in [-0.2, 0) is 0 Å². The van der Waals surface area contributed by atoms with E-state index in [-0.39, 0.29) is 0 Å². The second-order valence-corrected chi connectivity index (χ2v) is 3.47. The van der Waals surface area contributed by atoms with Gasteiger partial charge < -0.3 is 10.3 Å². The van der Waals surface area contributed by atoms with Crippen LogP contribution in [0.25, 0.3) is 11.0 Å². The van der Waals surface area contributed by atoms with Crippen LogP contribution < -0.4 is 5.32 Å². The number of nitrogens with one attached hydrogen (secondary N) is 2. The number of aromatic nitrogens is 3. The lowest BCUT2D eigenvalue weighted by atomic mass is 10.3. The lowest BCUT2D eigenvalue weighted by Crippen LogP contribution is -1.96. The molecule has 0 atom stereocenters. The van der Waals surface area contributed by atoms with Crippen LogP contribution >= 0.6 is 0 Å². The van der Waals surface area contributed by atoms with Crippen LogP contribution in [0.2, 0.25) is 0 Å². The highest BCUT2D eigenvalue weighted by atomic mass is 15.1. The van der Waals surface area contributed by atoms with E-state index < -0.39 is 0 Å². The number of aromatic amines is 1. The fraction of sp³-hybridized carbons (Fsp3) is 0. The van der Waals surface area contributed by atoms with Gasteiger partial charge in [-0.3, -0.25) is 0 Å². The number of para-hydroxylation sites is 1. The van der Waals surface area contributed by atoms with E-state index in [4.69, 9.17) is 0 Å². The first kappa shape index (κ1) is 8.91. The maximum atomic E-state index is 4.35. The summed E-state index contributed by atoms with van der Waals surface area (Å²) in [4.78, 5) is 11.6. The first-order valence-electron chi connectivity index (χ1n) is 5.04. The third-order valence-corrected chi connectivity index (χ3v) is 2.33. The second kappa shape index (κ2) is 3.66. The van der Waals surface area contributed by atoms with Crippen molar-refractivity contribution in [1.82, 2.24) is 15.0 Å². The van der Waals surface area contributed by atoms with E-state index in [0.29, 0.717) is 5.95 Å². The minimum atomic E-state index is 0.598. The standard InChI is InChI=1S/C12H10N4/c1-2-4-10(5-3-1)15-12-14-8-9-6-7-13-11(9)16-12/h1-8H,(H2,13,14,15,16). The largest absolute Gasteiger partial charge is 0.346 e. The first-order chi connectivity index (χ1) is 7.92. The van der Waals surface area contributed by atoms with Crippen molar-refractivity contribution in [1.29, 1.82) is 0 Å². The Morgan fingerprint density at radius 2 is 1.94 bits per heavy atom. The second-order valence-electron chi connectivity index (χ2n) is 3.47. The molecule has 4 nitrogen and oxygen atoms in total. The van der Waals surface area contributed by atoms with Gasteiger partial charge in [-0.1, -0.05) is 18.2 Å². The summed E-state index contributed by atoms with van der Waals surface area (Å²) in [6.45, 7) is 0. The number of benzene rings is 1. The molecule has 16 heavy (non-hydrogen) atoms. The molecule has 0 saturated carbocycles. The summed E-state index contributed by atoms with van der Waals surface area (Å²) in [6.07, 6.45) is 3.65. The number of nitrogens with zero attached hydrogens (tertiary/aromatic N) is 2. The van der Waals surface area contributed by atoms with Gasteiger partial charge >= 0.3 is 0 Å². The van der Waals surface area contributed by atoms with E-state index in [1.54, 1.807) is 6.20 Å². The third kappa shape index (κ3) is 1.61. The number of H-pyrrole nitrogens is 1. The van der Waals surface area contributed by atoms with Gasteiger partial charge in [0.25, 0.3) is 0 Å². The normalized spacial score (nSPS) is 10.5. The minimum Gasteiger partial charge on any atom is -0.346 e. The van der Waals surface area contributed by atoms with Crippen molar-refractivity contribution in [2.24, 2.45) is 0 Å². The van der Waals surface area contributed by atoms with Gasteiger partial charge in [0.2, 0.25) is 5.95 Å². The Morgan fingerprint density at radius 1 is 1.06 bits per heavy atom. The summed E-state index contributed by atoms with van der Waals surface area (Å²) >= 11 is 0. The Hall–Kier alpha value is -2.36. The van der Waals surface area contributed by atoms with Gasteiger partial charge in [-0.25, -0.2) is 4.98 Å². The molecule has 0 aliphatic carbocycles. The van der Waals surface area contributed by atoms with Gasteiger partial charge in [-0.15, -0.1) is 0 Å². The molecule has 4 heteroatoms. The maximum absolute atomic E-state index is 4.35. The van der Waals surface area contributed by atoms with Gasteiger partial charge in [0, 0.05) is 23.5 Å². The Labute approximate surface area is 92.4 Å². The van der Waals surface area contributed by atoms with Crippen LogP contribution in [0.1, 0.15) is 0 Å². The van der Waals surface area contributed by atoms with Gasteiger partial charge in [0.05, 0.1) is 0 Å². The highest BCUT2D eigenvalue weighted by Crippen LogP contribution is 2.14. The smallest absolute Gasteiger partial charge is 0.229 e. The van der Waals surface area contributed by atoms with Crippen molar-refractivity contribution >= 4 is 22.7 Å². The Balaban J connectivity index is 1.94. The zero-order valence-electron chi connectivity index (χ0n) is 8.51. The number of hydrogen-bond donors (Lipinski definition) is 2. The zero-order valence-corrected chi connectivity index (χ0v) is 8.51. The molecule has 3 aromatic rings. The number of fused-ring (bicyclic) bond motifs is 1. The van der Waals surface area contributed by atoms with E-state index in [2.05, 4.69) is 20.3 Å². The van der Waals surface area contributed by atoms with Crippen LogP contribution in [0.15, 0.2) is 48.8 Å². The average molecular weight is 210 g/mol. The predicted octanol–water partition coefficient (Wildman–Crippen LogP) is 2.70. The summed E-state index contributed by atoms with van der Waals surface area (Å²) in [7, 11) is 0. The molecule has 2 aromatic heterocycles. The molecule has 0 unspecified atom stereocenters. The molecule has 0 spiro atoms. The Kier molecular flexibility index (Phi) is 2.04. The Bertz CT molecular complexity index is 600. The lowest BCUT2D eigenvalue weighted by molar-refractivity contribution is 1.19. The molecule has 78 valence electrons. The molecule has 0 aliphatic heterocycles. The van der Waals surface area contributed by atoms with E-state index in [1.807, 2.05) is 42.6 Å². The first-order valence-corrected chi connectivity index (χ1v) is 5.04. The van der Waals surface area contributed by atoms with Crippen molar-refractivity contribution in [2.45, 2.75) is 0 Å². The van der Waals surface area contributed by atoms with E-state index >= 15 is 0 Å². The molecule has 0 amide bonds. The number of rotatable bonds is 2. The van der Waals surface area contributed by atoms with Crippen molar-refractivity contribution < 1.29 is 0 Å². The molecule has 0 bridgehead atoms. The minimum absolute atomic E-state index is 0.598. The molecular weight excluding hydrogens is 200 g/mol. The summed E-state index contributed by atoms with van der Waals surface area (Å²) in [5.41, 5.74) is 1.82.